The van der Waals surface area contributed by atoms with E-state index in [1.54, 1.807) is 78.2 Å². The Hall–Kier alpha value is -8.53. The highest BCUT2D eigenvalue weighted by atomic mass is 32.1. The van der Waals surface area contributed by atoms with Gasteiger partial charge >= 0.3 is 12.1 Å². The number of halogens is 3. The van der Waals surface area contributed by atoms with Crippen molar-refractivity contribution in [1.82, 2.24) is 30.5 Å². The summed E-state index contributed by atoms with van der Waals surface area (Å²) in [7, 11) is 0. The molecule has 1 saturated heterocycles. The Morgan fingerprint density at radius 3 is 2.21 bits per heavy atom. The number of thiazole rings is 2. The third-order valence-corrected chi connectivity index (χ3v) is 18.0. The van der Waals surface area contributed by atoms with Crippen LogP contribution in [0.25, 0.3) is 31.8 Å². The average molecular weight is 1250 g/mol. The van der Waals surface area contributed by atoms with Crippen LogP contribution in [-0.4, -0.2) is 97.6 Å². The third kappa shape index (κ3) is 14.6. The quantitative estimate of drug-likeness (QED) is 0.0629. The van der Waals surface area contributed by atoms with Crippen LogP contribution in [0.1, 0.15) is 134 Å². The van der Waals surface area contributed by atoms with Crippen molar-refractivity contribution in [2.75, 3.05) is 23.3 Å². The van der Waals surface area contributed by atoms with Gasteiger partial charge in [0, 0.05) is 43.6 Å². The van der Waals surface area contributed by atoms with Crippen LogP contribution in [0.3, 0.4) is 0 Å². The zero-order chi connectivity index (χ0) is 63.7. The van der Waals surface area contributed by atoms with Gasteiger partial charge in [-0.15, -0.1) is 11.3 Å². The SMILES string of the molecule is Cc1ncsc1-c1ccc([C@H](C)NC(=O)[C@@H]2C[C@@H](O)CN2C(=O)[C@@H](NC(=O)CC[C@@H](c2ccc(Oc3cccc(-c4ccc(N5CCc6cccc(C(=O)Nc7nc8ccccc8s7)c6C5)nc4C(=O)OC(C)(C)C)c3C)cc2)C(F)(F)F)C(C)(C)C)cc1. The molecule has 4 amide bonds. The van der Waals surface area contributed by atoms with Gasteiger partial charge in [0.15, 0.2) is 10.8 Å². The zero-order valence-corrected chi connectivity index (χ0v) is 52.6. The summed E-state index contributed by atoms with van der Waals surface area (Å²) in [5.41, 5.74) is 7.44. The van der Waals surface area contributed by atoms with Crippen LogP contribution in [0, 0.1) is 19.3 Å². The fraction of sp³-hybridized carbons (Fsp3) is 0.353. The Morgan fingerprint density at radius 2 is 1.53 bits per heavy atom. The minimum absolute atomic E-state index is 0.0400. The summed E-state index contributed by atoms with van der Waals surface area (Å²) in [5, 5.41) is 19.9. The molecule has 16 nitrogen and oxygen atoms in total. The molecule has 0 saturated carbocycles. The molecule has 0 spiro atoms. The van der Waals surface area contributed by atoms with Crippen molar-refractivity contribution in [2.45, 2.75) is 136 Å². The second-order valence-corrected chi connectivity index (χ2v) is 26.6. The number of anilines is 2. The Morgan fingerprint density at radius 1 is 0.809 bits per heavy atom. The first-order chi connectivity index (χ1) is 42.2. The topological polar surface area (TPSA) is 205 Å². The zero-order valence-electron chi connectivity index (χ0n) is 51.0. The van der Waals surface area contributed by atoms with Gasteiger partial charge in [0.05, 0.1) is 44.4 Å². The molecule has 0 unspecified atom stereocenters. The van der Waals surface area contributed by atoms with Crippen LogP contribution in [-0.2, 0) is 32.1 Å². The van der Waals surface area contributed by atoms with Gasteiger partial charge in [0.25, 0.3) is 5.91 Å². The minimum Gasteiger partial charge on any atom is -0.457 e. The lowest BCUT2D eigenvalue weighted by atomic mass is 9.85. The summed E-state index contributed by atoms with van der Waals surface area (Å²) in [4.78, 5) is 88.1. The second-order valence-electron chi connectivity index (χ2n) is 24.7. The monoisotopic (exact) mass is 1250 g/mol. The molecule has 1 fully saturated rings. The first-order valence-electron chi connectivity index (χ1n) is 29.5. The molecule has 0 radical (unpaired) electrons. The number of nitrogens with one attached hydrogen (secondary N) is 3. The van der Waals surface area contributed by atoms with Gasteiger partial charge in [-0.25, -0.2) is 19.7 Å². The summed E-state index contributed by atoms with van der Waals surface area (Å²) in [6.45, 7) is 16.7. The predicted octanol–water partition coefficient (Wildman–Crippen LogP) is 13.5. The van der Waals surface area contributed by atoms with Crippen molar-refractivity contribution in [3.05, 3.63) is 172 Å². The molecule has 89 heavy (non-hydrogen) atoms. The molecular formula is C68H71F3N8O8S2. The standard InChI is InChI=1S/C68H71F3N8O8S2/c1-38-47(48-28-30-56(75-58(48)64(85)87-67(7,8)9)78-33-32-42-14-12-16-49(50(42)36-78)61(82)77-65-74-52-17-10-11-19-55(52)89-65)15-13-18-54(38)86-46-26-24-43(25-27-46)51(68(69,70)71)29-31-57(81)76-60(66(4,5)6)63(84)79-35-45(80)34-53(79)62(83)73-39(2)41-20-22-44(23-21-41)59-40(3)72-37-88-59/h10-28,30,37,39,45,51,53,60,80H,29,31-36H2,1-9H3,(H,73,83)(H,76,81)(H,74,77,82)/t39-,45+,51-,53-,60+/m0/s1. The summed E-state index contributed by atoms with van der Waals surface area (Å²) in [6.07, 6.45) is -6.43. The lowest BCUT2D eigenvalue weighted by Crippen LogP contribution is -2.57. The number of para-hydroxylation sites is 1. The molecule has 464 valence electrons. The third-order valence-electron chi connectivity index (χ3n) is 16.0. The van der Waals surface area contributed by atoms with Crippen molar-refractivity contribution >= 4 is 73.4 Å². The second kappa shape index (κ2) is 25.9. The molecule has 3 aromatic heterocycles. The number of aryl methyl sites for hydroxylation is 1. The summed E-state index contributed by atoms with van der Waals surface area (Å²) >= 11 is 2.92. The number of benzene rings is 5. The van der Waals surface area contributed by atoms with E-state index in [1.165, 1.54) is 51.8 Å². The van der Waals surface area contributed by atoms with Gasteiger partial charge in [-0.05, 0) is 147 Å². The molecule has 0 aliphatic carbocycles. The minimum atomic E-state index is -4.76. The predicted molar refractivity (Wildman–Crippen MR) is 339 cm³/mol. The van der Waals surface area contributed by atoms with Crippen LogP contribution in [0.5, 0.6) is 11.5 Å². The molecule has 2 aliphatic rings. The molecule has 21 heteroatoms. The normalized spacial score (nSPS) is 16.3. The van der Waals surface area contributed by atoms with Gasteiger partial charge in [0.2, 0.25) is 17.7 Å². The number of carbonyl (C=O) groups is 5. The number of amides is 4. The Bertz CT molecular complexity index is 3920. The van der Waals surface area contributed by atoms with Crippen molar-refractivity contribution in [1.29, 1.82) is 0 Å². The first-order valence-corrected chi connectivity index (χ1v) is 31.2. The van der Waals surface area contributed by atoms with Gasteiger partial charge < -0.3 is 35.0 Å². The maximum absolute atomic E-state index is 15.0. The van der Waals surface area contributed by atoms with Crippen molar-refractivity contribution in [3.63, 3.8) is 0 Å². The summed E-state index contributed by atoms with van der Waals surface area (Å²) in [6, 6.07) is 32.6. The lowest BCUT2D eigenvalue weighted by Gasteiger charge is -2.35. The fourth-order valence-corrected chi connectivity index (χ4v) is 13.0. The molecule has 5 heterocycles. The van der Waals surface area contributed by atoms with E-state index < -0.39 is 83.9 Å². The van der Waals surface area contributed by atoms with Crippen molar-refractivity contribution < 1.29 is 51.7 Å². The molecular weight excluding hydrogens is 1180 g/mol. The Kier molecular flexibility index (Phi) is 18.5. The van der Waals surface area contributed by atoms with Gasteiger partial charge in [-0.2, -0.15) is 13.2 Å². The van der Waals surface area contributed by atoms with E-state index in [9.17, 15) is 42.3 Å². The van der Waals surface area contributed by atoms with Crippen LogP contribution in [0.15, 0.2) is 127 Å². The summed E-state index contributed by atoms with van der Waals surface area (Å²) in [5.74, 6) is -3.84. The largest absolute Gasteiger partial charge is 0.457 e. The van der Waals surface area contributed by atoms with E-state index in [2.05, 4.69) is 25.9 Å². The summed E-state index contributed by atoms with van der Waals surface area (Å²) < 4.78 is 58.1. The highest BCUT2D eigenvalue weighted by molar-refractivity contribution is 7.22. The Labute approximate surface area is 522 Å². The highest BCUT2D eigenvalue weighted by Gasteiger charge is 2.46. The molecule has 8 aromatic rings. The maximum atomic E-state index is 15.0. The number of pyridine rings is 1. The number of aliphatic hydroxyl groups excluding tert-OH is 1. The van der Waals surface area contributed by atoms with Gasteiger partial charge in [0.1, 0.15) is 35.0 Å². The number of nitrogens with zero attached hydrogens (tertiary/aromatic N) is 5. The van der Waals surface area contributed by atoms with Crippen molar-refractivity contribution in [2.24, 2.45) is 5.41 Å². The van der Waals surface area contributed by atoms with Crippen LogP contribution in [0.2, 0.25) is 0 Å². The maximum Gasteiger partial charge on any atom is 0.395 e. The number of ether oxygens (including phenoxy) is 2. The molecule has 0 bridgehead atoms. The van der Waals surface area contributed by atoms with Crippen LogP contribution >= 0.6 is 22.7 Å². The van der Waals surface area contributed by atoms with Crippen LogP contribution < -0.4 is 25.6 Å². The average Bonchev–Trinajstić information content (AvgIpc) is 1.66. The van der Waals surface area contributed by atoms with Gasteiger partial charge in [-0.1, -0.05) is 105 Å². The number of alkyl halides is 3. The van der Waals surface area contributed by atoms with Crippen molar-refractivity contribution in [3.8, 4) is 33.1 Å². The van der Waals surface area contributed by atoms with Crippen LogP contribution in [0.4, 0.5) is 24.1 Å². The number of β-amino-alcohol motifs (C(OH)–C–C–N with tert-alkyl or cyclic N) is 1. The molecule has 2 aliphatic heterocycles. The molecule has 4 N–H and O–H groups in total. The number of hydrogen-bond acceptors (Lipinski definition) is 14. The number of aliphatic hydroxyl groups is 1. The number of esters is 1. The van der Waals surface area contributed by atoms with E-state index in [0.29, 0.717) is 58.5 Å². The first kappa shape index (κ1) is 63.5. The molecule has 5 atom stereocenters. The smallest absolute Gasteiger partial charge is 0.395 e. The van der Waals surface area contributed by atoms with E-state index in [4.69, 9.17) is 14.5 Å². The number of rotatable bonds is 17. The van der Waals surface area contributed by atoms with Gasteiger partial charge in [-0.3, -0.25) is 24.5 Å². The van der Waals surface area contributed by atoms with E-state index >= 15 is 0 Å². The molecule has 10 rings (SSSR count). The number of hydrogen-bond donors (Lipinski definition) is 4. The van der Waals surface area contributed by atoms with E-state index in [1.807, 2.05) is 91.5 Å². The number of aromatic nitrogens is 3. The van der Waals surface area contributed by atoms with E-state index in [0.717, 1.165) is 43.0 Å². The lowest BCUT2D eigenvalue weighted by molar-refractivity contribution is -0.153. The fourth-order valence-electron chi connectivity index (χ4n) is 11.4. The number of likely N-dealkylation sites (tertiary alicyclic amines) is 1. The number of carbonyl (C=O) groups excluding carboxylic acids is 5. The highest BCUT2D eigenvalue weighted by Crippen LogP contribution is 2.41. The molecule has 5 aromatic carbocycles. The van der Waals surface area contributed by atoms with E-state index in [-0.39, 0.29) is 35.9 Å². The Balaban J connectivity index is 0.803. The number of fused-ring (bicyclic) bond motifs is 2.